The fourth-order valence-electron chi connectivity index (χ4n) is 4.54. The van der Waals surface area contributed by atoms with Crippen LogP contribution in [0.3, 0.4) is 0 Å². The monoisotopic (exact) mass is 498 g/mol. The lowest BCUT2D eigenvalue weighted by Gasteiger charge is -2.26. The van der Waals surface area contributed by atoms with Gasteiger partial charge in [-0.25, -0.2) is 0 Å². The summed E-state index contributed by atoms with van der Waals surface area (Å²) in [6.07, 6.45) is 3.87. The zero-order chi connectivity index (χ0) is 24.9. The predicted octanol–water partition coefficient (Wildman–Crippen LogP) is 5.09. The highest BCUT2D eigenvalue weighted by molar-refractivity contribution is 7.23. The fraction of sp³-hybridized carbons (Fsp3) is 0.444. The van der Waals surface area contributed by atoms with Crippen molar-refractivity contribution in [3.8, 4) is 23.0 Å². The Bertz CT molecular complexity index is 1170. The molecule has 0 bridgehead atoms. The molecule has 0 spiro atoms. The van der Waals surface area contributed by atoms with Gasteiger partial charge in [0.2, 0.25) is 5.75 Å². The topological polar surface area (TPSA) is 60.5 Å². The summed E-state index contributed by atoms with van der Waals surface area (Å²) in [6, 6.07) is 9.26. The first-order valence-electron chi connectivity index (χ1n) is 11.9. The van der Waals surface area contributed by atoms with Gasteiger partial charge in [-0.3, -0.25) is 9.69 Å². The Kier molecular flexibility index (Phi) is 8.03. The molecule has 1 aliphatic heterocycles. The molecule has 0 amide bonds. The van der Waals surface area contributed by atoms with Crippen molar-refractivity contribution >= 4 is 32.2 Å². The first kappa shape index (κ1) is 25.1. The first-order chi connectivity index (χ1) is 17.0. The van der Waals surface area contributed by atoms with Crippen molar-refractivity contribution in [1.29, 1.82) is 0 Å². The highest BCUT2D eigenvalue weighted by Gasteiger charge is 2.27. The summed E-state index contributed by atoms with van der Waals surface area (Å²) in [6.45, 7) is 3.89. The minimum atomic E-state index is -0.0610. The van der Waals surface area contributed by atoms with E-state index < -0.39 is 0 Å². The van der Waals surface area contributed by atoms with Crippen LogP contribution in [0.15, 0.2) is 30.3 Å². The number of benzene rings is 2. The molecular formula is C27H34N2O5S. The smallest absolute Gasteiger partial charge is 0.204 e. The van der Waals surface area contributed by atoms with Crippen molar-refractivity contribution in [1.82, 2.24) is 4.90 Å². The first-order valence-corrected chi connectivity index (χ1v) is 12.7. The van der Waals surface area contributed by atoms with E-state index >= 15 is 0 Å². The van der Waals surface area contributed by atoms with E-state index in [1.165, 1.54) is 30.6 Å². The Morgan fingerprint density at radius 3 is 2.26 bits per heavy atom. The van der Waals surface area contributed by atoms with E-state index in [9.17, 15) is 4.79 Å². The summed E-state index contributed by atoms with van der Waals surface area (Å²) in [4.78, 5) is 18.2. The second-order valence-electron chi connectivity index (χ2n) is 8.80. The van der Waals surface area contributed by atoms with Crippen LogP contribution < -0.4 is 23.8 Å². The number of hydrogen-bond donors (Lipinski definition) is 0. The second kappa shape index (κ2) is 11.2. The molecule has 188 valence electrons. The van der Waals surface area contributed by atoms with Gasteiger partial charge in [0.05, 0.1) is 31.6 Å². The molecule has 1 aliphatic rings. The van der Waals surface area contributed by atoms with Crippen molar-refractivity contribution in [2.75, 3.05) is 66.6 Å². The molecule has 0 unspecified atom stereocenters. The van der Waals surface area contributed by atoms with Gasteiger partial charge < -0.3 is 23.8 Å². The number of piperidine rings is 1. The van der Waals surface area contributed by atoms with Crippen LogP contribution in [0.2, 0.25) is 0 Å². The molecule has 8 heteroatoms. The Hall–Kier alpha value is -2.97. The zero-order valence-corrected chi connectivity index (χ0v) is 22.0. The van der Waals surface area contributed by atoms with Gasteiger partial charge in [0.25, 0.3) is 0 Å². The molecule has 2 heterocycles. The molecule has 0 atom stereocenters. The van der Waals surface area contributed by atoms with Crippen molar-refractivity contribution in [2.24, 2.45) is 0 Å². The minimum absolute atomic E-state index is 0.0610. The number of carbonyl (C=O) groups is 1. The number of carbonyl (C=O) groups excluding carboxylic acids is 1. The maximum absolute atomic E-state index is 13.8. The summed E-state index contributed by atoms with van der Waals surface area (Å²) in [7, 11) is 8.61. The predicted molar refractivity (Wildman–Crippen MR) is 141 cm³/mol. The van der Waals surface area contributed by atoms with E-state index in [1.54, 1.807) is 21.3 Å². The number of anilines is 1. The van der Waals surface area contributed by atoms with Crippen molar-refractivity contribution < 1.29 is 23.7 Å². The second-order valence-corrected chi connectivity index (χ2v) is 9.80. The van der Waals surface area contributed by atoms with Crippen LogP contribution in [0.5, 0.6) is 23.0 Å². The average molecular weight is 499 g/mol. The van der Waals surface area contributed by atoms with Crippen LogP contribution in [-0.2, 0) is 0 Å². The quantitative estimate of drug-likeness (QED) is 0.361. The van der Waals surface area contributed by atoms with Gasteiger partial charge in [-0.2, -0.15) is 0 Å². The summed E-state index contributed by atoms with van der Waals surface area (Å²) >= 11 is 1.50. The lowest BCUT2D eigenvalue weighted by atomic mass is 10.0. The SMILES string of the molecule is COc1cc2c(C(=O)c3ccc(OCCN4CCCCC4)cc3)c(N(C)C)sc2c(OC)c1OC. The lowest BCUT2D eigenvalue weighted by Crippen LogP contribution is -2.33. The minimum Gasteiger partial charge on any atom is -0.493 e. The highest BCUT2D eigenvalue weighted by atomic mass is 32.1. The maximum Gasteiger partial charge on any atom is 0.204 e. The van der Waals surface area contributed by atoms with Crippen molar-refractivity contribution in [3.63, 3.8) is 0 Å². The summed E-state index contributed by atoms with van der Waals surface area (Å²) in [5, 5.41) is 1.63. The number of likely N-dealkylation sites (tertiary alicyclic amines) is 1. The number of rotatable bonds is 10. The van der Waals surface area contributed by atoms with E-state index in [-0.39, 0.29) is 5.78 Å². The van der Waals surface area contributed by atoms with Crippen LogP contribution in [0, 0.1) is 0 Å². The molecule has 3 aromatic rings. The van der Waals surface area contributed by atoms with E-state index in [0.29, 0.717) is 35.0 Å². The van der Waals surface area contributed by atoms with Gasteiger partial charge in [0.1, 0.15) is 17.4 Å². The molecule has 1 saturated heterocycles. The van der Waals surface area contributed by atoms with Crippen LogP contribution >= 0.6 is 11.3 Å². The number of fused-ring (bicyclic) bond motifs is 1. The van der Waals surface area contributed by atoms with E-state index in [2.05, 4.69) is 4.90 Å². The number of ether oxygens (including phenoxy) is 4. The molecule has 0 N–H and O–H groups in total. The number of nitrogens with zero attached hydrogens (tertiary/aromatic N) is 2. The Balaban J connectivity index is 1.61. The van der Waals surface area contributed by atoms with Crippen molar-refractivity contribution in [3.05, 3.63) is 41.5 Å². The summed E-state index contributed by atoms with van der Waals surface area (Å²) < 4.78 is 23.6. The third-order valence-electron chi connectivity index (χ3n) is 6.34. The number of ketones is 1. The molecule has 0 aliphatic carbocycles. The Morgan fingerprint density at radius 1 is 0.971 bits per heavy atom. The molecule has 0 radical (unpaired) electrons. The molecule has 2 aromatic carbocycles. The van der Waals surface area contributed by atoms with Gasteiger partial charge in [0.15, 0.2) is 17.3 Å². The van der Waals surface area contributed by atoms with E-state index in [1.807, 2.05) is 49.3 Å². The molecule has 35 heavy (non-hydrogen) atoms. The molecule has 1 fully saturated rings. The van der Waals surface area contributed by atoms with Crippen LogP contribution in [-0.4, -0.2) is 72.3 Å². The summed E-state index contributed by atoms with van der Waals surface area (Å²) in [5.41, 5.74) is 1.22. The largest absolute Gasteiger partial charge is 0.493 e. The standard InChI is InChI=1S/C27H34N2O5S/c1-28(2)27-22(20-17-21(31-3)24(32-4)25(33-5)26(20)35-27)23(30)18-9-11-19(12-10-18)34-16-15-29-13-7-6-8-14-29/h9-12,17H,6-8,13-16H2,1-5H3. The van der Waals surface area contributed by atoms with Crippen LogP contribution in [0.4, 0.5) is 5.00 Å². The van der Waals surface area contributed by atoms with E-state index in [0.717, 1.165) is 40.5 Å². The zero-order valence-electron chi connectivity index (χ0n) is 21.2. The summed E-state index contributed by atoms with van der Waals surface area (Å²) in [5.74, 6) is 2.31. The maximum atomic E-state index is 13.8. The fourth-order valence-corrected chi connectivity index (χ4v) is 5.76. The highest BCUT2D eigenvalue weighted by Crippen LogP contribution is 2.50. The van der Waals surface area contributed by atoms with Gasteiger partial charge in [-0.1, -0.05) is 6.42 Å². The molecule has 1 aromatic heterocycles. The molecule has 0 saturated carbocycles. The van der Waals surface area contributed by atoms with E-state index in [4.69, 9.17) is 18.9 Å². The van der Waals surface area contributed by atoms with Crippen LogP contribution in [0.25, 0.3) is 10.1 Å². The average Bonchev–Trinajstić information content (AvgIpc) is 3.27. The van der Waals surface area contributed by atoms with Gasteiger partial charge >= 0.3 is 0 Å². The molecular weight excluding hydrogens is 464 g/mol. The van der Waals surface area contributed by atoms with Gasteiger partial charge in [-0.05, 0) is 56.3 Å². The molecule has 7 nitrogen and oxygen atoms in total. The Labute approximate surface area is 211 Å². The van der Waals surface area contributed by atoms with Gasteiger partial charge in [0, 0.05) is 31.6 Å². The normalized spacial score (nSPS) is 14.1. The third kappa shape index (κ3) is 5.18. The lowest BCUT2D eigenvalue weighted by molar-refractivity contribution is 0.104. The van der Waals surface area contributed by atoms with Gasteiger partial charge in [-0.15, -0.1) is 11.3 Å². The Morgan fingerprint density at radius 2 is 1.66 bits per heavy atom. The van der Waals surface area contributed by atoms with Crippen LogP contribution in [0.1, 0.15) is 35.2 Å². The van der Waals surface area contributed by atoms with Crippen molar-refractivity contribution in [2.45, 2.75) is 19.3 Å². The number of thiophene rings is 1. The number of hydrogen-bond acceptors (Lipinski definition) is 8. The number of methoxy groups -OCH3 is 3. The molecule has 4 rings (SSSR count). The third-order valence-corrected chi connectivity index (χ3v) is 7.71.